The van der Waals surface area contributed by atoms with E-state index in [1.807, 2.05) is 12.3 Å². The fraction of sp³-hybridized carbons (Fsp3) is 0.389. The van der Waals surface area contributed by atoms with E-state index in [0.717, 1.165) is 12.2 Å². The molecule has 2 heteroatoms. The minimum atomic E-state index is 0.300. The van der Waals surface area contributed by atoms with Gasteiger partial charge in [0.15, 0.2) is 0 Å². The summed E-state index contributed by atoms with van der Waals surface area (Å²) in [5.41, 5.74) is 5.16. The van der Waals surface area contributed by atoms with E-state index >= 15 is 0 Å². The van der Waals surface area contributed by atoms with Gasteiger partial charge in [0.2, 0.25) is 0 Å². The van der Waals surface area contributed by atoms with Gasteiger partial charge in [-0.1, -0.05) is 38.1 Å². The summed E-state index contributed by atoms with van der Waals surface area (Å²) in [7, 11) is 0. The van der Waals surface area contributed by atoms with Crippen molar-refractivity contribution >= 4 is 0 Å². The average Bonchev–Trinajstić information content (AvgIpc) is 2.48. The molecule has 0 aliphatic heterocycles. The molecule has 2 unspecified atom stereocenters. The second-order valence-corrected chi connectivity index (χ2v) is 5.42. The highest BCUT2D eigenvalue weighted by atomic mass is 14.9. The fourth-order valence-electron chi connectivity index (χ4n) is 2.58. The van der Waals surface area contributed by atoms with Gasteiger partial charge in [-0.2, -0.15) is 0 Å². The number of pyridine rings is 1. The minimum Gasteiger partial charge on any atom is -0.310 e. The Morgan fingerprint density at radius 2 is 1.90 bits per heavy atom. The Hall–Kier alpha value is -1.67. The Kier molecular flexibility index (Phi) is 4.91. The lowest BCUT2D eigenvalue weighted by Gasteiger charge is -2.25. The van der Waals surface area contributed by atoms with Gasteiger partial charge in [0, 0.05) is 23.9 Å². The molecule has 0 saturated heterocycles. The molecular formula is C18H24N2. The van der Waals surface area contributed by atoms with E-state index in [0.29, 0.717) is 12.0 Å². The van der Waals surface area contributed by atoms with Gasteiger partial charge in [0.05, 0.1) is 0 Å². The number of nitrogens with zero attached hydrogens (tertiary/aromatic N) is 1. The lowest BCUT2D eigenvalue weighted by Crippen LogP contribution is -2.26. The summed E-state index contributed by atoms with van der Waals surface area (Å²) in [5.74, 6) is 0.346. The number of likely N-dealkylation sites (N-methyl/N-ethyl adjacent to an activating group) is 1. The smallest absolute Gasteiger partial charge is 0.0450 e. The Morgan fingerprint density at radius 3 is 2.50 bits per heavy atom. The van der Waals surface area contributed by atoms with E-state index < -0.39 is 0 Å². The van der Waals surface area contributed by atoms with Gasteiger partial charge in [-0.25, -0.2) is 0 Å². The van der Waals surface area contributed by atoms with Crippen molar-refractivity contribution in [2.75, 3.05) is 6.54 Å². The maximum atomic E-state index is 4.51. The number of aromatic nitrogens is 1. The van der Waals surface area contributed by atoms with Gasteiger partial charge in [0.25, 0.3) is 0 Å². The van der Waals surface area contributed by atoms with E-state index in [1.165, 1.54) is 16.7 Å². The first-order valence-electron chi connectivity index (χ1n) is 7.35. The van der Waals surface area contributed by atoms with E-state index in [2.05, 4.69) is 68.3 Å². The maximum absolute atomic E-state index is 4.51. The lowest BCUT2D eigenvalue weighted by molar-refractivity contribution is 0.472. The first kappa shape index (κ1) is 14.7. The van der Waals surface area contributed by atoms with Crippen molar-refractivity contribution in [3.05, 3.63) is 65.0 Å². The normalized spacial score (nSPS) is 14.0. The zero-order valence-corrected chi connectivity index (χ0v) is 12.9. The van der Waals surface area contributed by atoms with Gasteiger partial charge in [-0.15, -0.1) is 0 Å². The number of hydrogen-bond donors (Lipinski definition) is 1. The van der Waals surface area contributed by atoms with Crippen LogP contribution in [0.5, 0.6) is 0 Å². The third kappa shape index (κ3) is 3.26. The third-order valence-corrected chi connectivity index (χ3v) is 3.97. The molecule has 1 N–H and O–H groups in total. The standard InChI is InChI=1S/C18H24N2/c1-5-19-18(15(4)17-8-6-7-11-20-17)16-10-9-13(2)14(3)12-16/h6-12,15,18-19H,5H2,1-4H3. The molecule has 0 aliphatic rings. The van der Waals surface area contributed by atoms with Gasteiger partial charge in [-0.3, -0.25) is 4.98 Å². The van der Waals surface area contributed by atoms with Crippen LogP contribution in [-0.2, 0) is 0 Å². The maximum Gasteiger partial charge on any atom is 0.0450 e. The molecule has 2 atom stereocenters. The van der Waals surface area contributed by atoms with Crippen molar-refractivity contribution in [2.24, 2.45) is 0 Å². The quantitative estimate of drug-likeness (QED) is 0.881. The van der Waals surface area contributed by atoms with E-state index in [-0.39, 0.29) is 0 Å². The van der Waals surface area contributed by atoms with Crippen LogP contribution in [0.1, 0.15) is 48.2 Å². The van der Waals surface area contributed by atoms with E-state index in [9.17, 15) is 0 Å². The predicted octanol–water partition coefficient (Wildman–Crippen LogP) is 4.15. The molecule has 0 radical (unpaired) electrons. The summed E-state index contributed by atoms with van der Waals surface area (Å²) in [6.45, 7) is 9.68. The molecule has 0 spiro atoms. The van der Waals surface area contributed by atoms with Crippen LogP contribution < -0.4 is 5.32 Å². The van der Waals surface area contributed by atoms with Crippen LogP contribution >= 0.6 is 0 Å². The molecule has 0 fully saturated rings. The molecule has 0 aliphatic carbocycles. The van der Waals surface area contributed by atoms with Crippen molar-refractivity contribution in [1.29, 1.82) is 0 Å². The summed E-state index contributed by atoms with van der Waals surface area (Å²) in [5, 5.41) is 3.60. The molecule has 2 rings (SSSR count). The minimum absolute atomic E-state index is 0.300. The zero-order chi connectivity index (χ0) is 14.5. The molecule has 0 bridgehead atoms. The summed E-state index contributed by atoms with van der Waals surface area (Å²) < 4.78 is 0. The molecule has 1 heterocycles. The largest absolute Gasteiger partial charge is 0.310 e. The number of rotatable bonds is 5. The molecule has 20 heavy (non-hydrogen) atoms. The van der Waals surface area contributed by atoms with Crippen molar-refractivity contribution in [3.8, 4) is 0 Å². The van der Waals surface area contributed by atoms with Crippen LogP contribution in [0.15, 0.2) is 42.6 Å². The molecule has 0 amide bonds. The molecule has 2 nitrogen and oxygen atoms in total. The topological polar surface area (TPSA) is 24.9 Å². The van der Waals surface area contributed by atoms with Gasteiger partial charge >= 0.3 is 0 Å². The van der Waals surface area contributed by atoms with Crippen LogP contribution in [0.2, 0.25) is 0 Å². The van der Waals surface area contributed by atoms with E-state index in [1.54, 1.807) is 0 Å². The number of nitrogens with one attached hydrogen (secondary N) is 1. The van der Waals surface area contributed by atoms with Crippen LogP contribution in [0.3, 0.4) is 0 Å². The lowest BCUT2D eigenvalue weighted by atomic mass is 9.90. The molecule has 1 aromatic heterocycles. The Morgan fingerprint density at radius 1 is 1.10 bits per heavy atom. The highest BCUT2D eigenvalue weighted by Gasteiger charge is 2.21. The van der Waals surface area contributed by atoms with Crippen LogP contribution in [-0.4, -0.2) is 11.5 Å². The summed E-state index contributed by atoms with van der Waals surface area (Å²) in [4.78, 5) is 4.51. The van der Waals surface area contributed by atoms with Crippen LogP contribution in [0.25, 0.3) is 0 Å². The Labute approximate surface area is 122 Å². The first-order chi connectivity index (χ1) is 9.63. The van der Waals surface area contributed by atoms with Crippen molar-refractivity contribution < 1.29 is 0 Å². The van der Waals surface area contributed by atoms with Crippen molar-refractivity contribution in [3.63, 3.8) is 0 Å². The predicted molar refractivity (Wildman–Crippen MR) is 85.0 cm³/mol. The van der Waals surface area contributed by atoms with E-state index in [4.69, 9.17) is 0 Å². The number of benzene rings is 1. The fourth-order valence-corrected chi connectivity index (χ4v) is 2.58. The highest BCUT2D eigenvalue weighted by molar-refractivity contribution is 5.33. The molecule has 106 valence electrons. The van der Waals surface area contributed by atoms with Gasteiger partial charge in [0.1, 0.15) is 0 Å². The third-order valence-electron chi connectivity index (χ3n) is 3.97. The molecule has 0 saturated carbocycles. The monoisotopic (exact) mass is 268 g/mol. The van der Waals surface area contributed by atoms with Gasteiger partial charge < -0.3 is 5.32 Å². The summed E-state index contributed by atoms with van der Waals surface area (Å²) >= 11 is 0. The number of hydrogen-bond acceptors (Lipinski definition) is 2. The summed E-state index contributed by atoms with van der Waals surface area (Å²) in [6, 6.07) is 13.2. The Balaban J connectivity index is 2.33. The molecule has 2 aromatic rings. The highest BCUT2D eigenvalue weighted by Crippen LogP contribution is 2.30. The van der Waals surface area contributed by atoms with Gasteiger partial charge in [-0.05, 0) is 49.2 Å². The molecular weight excluding hydrogens is 244 g/mol. The number of aryl methyl sites for hydroxylation is 2. The summed E-state index contributed by atoms with van der Waals surface area (Å²) in [6.07, 6.45) is 1.87. The second-order valence-electron chi connectivity index (χ2n) is 5.42. The van der Waals surface area contributed by atoms with Crippen molar-refractivity contribution in [2.45, 2.75) is 39.7 Å². The first-order valence-corrected chi connectivity index (χ1v) is 7.35. The van der Waals surface area contributed by atoms with Crippen LogP contribution in [0, 0.1) is 13.8 Å². The zero-order valence-electron chi connectivity index (χ0n) is 12.9. The average molecular weight is 268 g/mol. The van der Waals surface area contributed by atoms with Crippen molar-refractivity contribution in [1.82, 2.24) is 10.3 Å². The van der Waals surface area contributed by atoms with Crippen LogP contribution in [0.4, 0.5) is 0 Å². The SMILES string of the molecule is CCNC(c1ccc(C)c(C)c1)C(C)c1ccccn1. The molecule has 1 aromatic carbocycles. The second kappa shape index (κ2) is 6.67. The Bertz CT molecular complexity index is 549.